The van der Waals surface area contributed by atoms with E-state index in [1.54, 1.807) is 0 Å². The van der Waals surface area contributed by atoms with Crippen LogP contribution in [-0.4, -0.2) is 15.4 Å². The van der Waals surface area contributed by atoms with Gasteiger partial charge in [0.05, 0.1) is 17.9 Å². The van der Waals surface area contributed by atoms with Gasteiger partial charge in [0.15, 0.2) is 6.29 Å². The van der Waals surface area contributed by atoms with Crippen LogP contribution in [0.2, 0.25) is 0 Å². The predicted molar refractivity (Wildman–Crippen MR) is 83.8 cm³/mol. The molecule has 0 aliphatic heterocycles. The zero-order valence-corrected chi connectivity index (χ0v) is 12.0. The lowest BCUT2D eigenvalue weighted by atomic mass is 9.96. The Bertz CT molecular complexity index is 810. The molecule has 1 aliphatic carbocycles. The maximum absolute atomic E-state index is 11.1. The number of benzene rings is 1. The maximum atomic E-state index is 11.1. The summed E-state index contributed by atoms with van der Waals surface area (Å²) in [6.45, 7) is 0.719. The van der Waals surface area contributed by atoms with Crippen molar-refractivity contribution in [3.63, 3.8) is 0 Å². The van der Waals surface area contributed by atoms with E-state index < -0.39 is 0 Å². The molecule has 0 atom stereocenters. The number of fused-ring (bicyclic) bond motifs is 3. The fourth-order valence-corrected chi connectivity index (χ4v) is 3.56. The summed E-state index contributed by atoms with van der Waals surface area (Å²) in [4.78, 5) is 11.1. The van der Waals surface area contributed by atoms with Crippen molar-refractivity contribution in [3.8, 4) is 0 Å². The molecule has 0 fully saturated rings. The first kappa shape index (κ1) is 12.5. The van der Waals surface area contributed by atoms with Crippen LogP contribution in [-0.2, 0) is 19.5 Å². The molecule has 106 valence electrons. The Balaban J connectivity index is 1.90. The molecule has 3 nitrogen and oxygen atoms in total. The monoisotopic (exact) mass is 278 g/mol. The Morgan fingerprint density at radius 1 is 1.05 bits per heavy atom. The number of hydrogen-bond donors (Lipinski definition) is 0. The molecule has 0 unspecified atom stereocenters. The molecule has 3 aromatic rings. The lowest BCUT2D eigenvalue weighted by molar-refractivity contribution is 0.111. The minimum absolute atomic E-state index is 0.719. The topological polar surface area (TPSA) is 26.9 Å². The highest BCUT2D eigenvalue weighted by molar-refractivity contribution is 5.86. The summed E-state index contributed by atoms with van der Waals surface area (Å²) in [6, 6.07) is 12.4. The molecule has 0 bridgehead atoms. The lowest BCUT2D eigenvalue weighted by Gasteiger charge is -2.17. The number of aromatic nitrogens is 2. The van der Waals surface area contributed by atoms with Gasteiger partial charge in [-0.25, -0.2) is 0 Å². The Hall–Kier alpha value is -2.29. The predicted octanol–water partition coefficient (Wildman–Crippen LogP) is 3.64. The normalized spacial score (nSPS) is 14.3. The van der Waals surface area contributed by atoms with Gasteiger partial charge in [-0.05, 0) is 49.4 Å². The van der Waals surface area contributed by atoms with E-state index in [4.69, 9.17) is 0 Å². The van der Waals surface area contributed by atoms with Crippen molar-refractivity contribution in [1.29, 1.82) is 0 Å². The van der Waals surface area contributed by atoms with Gasteiger partial charge in [0.25, 0.3) is 0 Å². The molecule has 2 aromatic heterocycles. The first-order valence-electron chi connectivity index (χ1n) is 7.58. The van der Waals surface area contributed by atoms with E-state index in [-0.39, 0.29) is 0 Å². The van der Waals surface area contributed by atoms with Gasteiger partial charge in [-0.3, -0.25) is 4.79 Å². The van der Waals surface area contributed by atoms with E-state index in [0.717, 1.165) is 25.1 Å². The van der Waals surface area contributed by atoms with Gasteiger partial charge in [0, 0.05) is 17.3 Å². The van der Waals surface area contributed by atoms with Crippen LogP contribution < -0.4 is 0 Å². The van der Waals surface area contributed by atoms with Gasteiger partial charge in [0.2, 0.25) is 0 Å². The van der Waals surface area contributed by atoms with Crippen molar-refractivity contribution >= 4 is 17.2 Å². The Morgan fingerprint density at radius 3 is 2.81 bits per heavy atom. The van der Waals surface area contributed by atoms with Gasteiger partial charge >= 0.3 is 0 Å². The molecule has 0 N–H and O–H groups in total. The smallest absolute Gasteiger partial charge is 0.166 e. The van der Waals surface area contributed by atoms with Crippen molar-refractivity contribution in [1.82, 2.24) is 9.13 Å². The third-order valence-corrected chi connectivity index (χ3v) is 4.56. The molecule has 4 rings (SSSR count). The van der Waals surface area contributed by atoms with Gasteiger partial charge < -0.3 is 9.13 Å². The van der Waals surface area contributed by atoms with E-state index in [0.29, 0.717) is 0 Å². The summed E-state index contributed by atoms with van der Waals surface area (Å²) in [7, 11) is 0. The average Bonchev–Trinajstić information content (AvgIpc) is 3.11. The highest BCUT2D eigenvalue weighted by atomic mass is 16.1. The van der Waals surface area contributed by atoms with Crippen LogP contribution in [0, 0.1) is 0 Å². The van der Waals surface area contributed by atoms with Crippen LogP contribution in [0.5, 0.6) is 0 Å². The highest BCUT2D eigenvalue weighted by Gasteiger charge is 2.19. The van der Waals surface area contributed by atoms with Crippen LogP contribution >= 0.6 is 0 Å². The number of hydrogen-bond acceptors (Lipinski definition) is 1. The van der Waals surface area contributed by atoms with Crippen molar-refractivity contribution in [2.75, 3.05) is 0 Å². The standard InChI is InChI=1S/C18H18N2O/c21-12-14-6-5-11-19(14)13-20-17-9-3-1-7-15(17)16-8-2-4-10-18(16)20/h1,3,5-7,9,11-12H,2,4,8,10,13H2. The van der Waals surface area contributed by atoms with Crippen LogP contribution in [0.15, 0.2) is 42.6 Å². The molecule has 2 heterocycles. The second-order valence-corrected chi connectivity index (χ2v) is 5.74. The van der Waals surface area contributed by atoms with E-state index in [9.17, 15) is 4.79 Å². The molecule has 3 heteroatoms. The molecule has 0 radical (unpaired) electrons. The molecular formula is C18H18N2O. The van der Waals surface area contributed by atoms with Gasteiger partial charge in [-0.1, -0.05) is 18.2 Å². The van der Waals surface area contributed by atoms with Crippen LogP contribution in [0.1, 0.15) is 34.6 Å². The van der Waals surface area contributed by atoms with Crippen LogP contribution in [0.4, 0.5) is 0 Å². The summed E-state index contributed by atoms with van der Waals surface area (Å²) in [5, 5.41) is 1.38. The number of nitrogens with zero attached hydrogens (tertiary/aromatic N) is 2. The summed E-state index contributed by atoms with van der Waals surface area (Å²) in [6.07, 6.45) is 7.77. The van der Waals surface area contributed by atoms with E-state index in [1.807, 2.05) is 22.9 Å². The molecule has 0 saturated heterocycles. The molecule has 0 amide bonds. The van der Waals surface area contributed by atoms with Gasteiger partial charge in [-0.15, -0.1) is 0 Å². The number of carbonyl (C=O) groups is 1. The van der Waals surface area contributed by atoms with Crippen LogP contribution in [0.3, 0.4) is 0 Å². The number of rotatable bonds is 3. The fourth-order valence-electron chi connectivity index (χ4n) is 3.56. The number of para-hydroxylation sites is 1. The fraction of sp³-hybridized carbons (Fsp3) is 0.278. The number of aldehydes is 1. The summed E-state index contributed by atoms with van der Waals surface area (Å²) >= 11 is 0. The second kappa shape index (κ2) is 4.92. The molecule has 1 aromatic carbocycles. The molecule has 0 spiro atoms. The van der Waals surface area contributed by atoms with E-state index >= 15 is 0 Å². The Morgan fingerprint density at radius 2 is 1.90 bits per heavy atom. The molecule has 21 heavy (non-hydrogen) atoms. The summed E-state index contributed by atoms with van der Waals surface area (Å²) in [5.74, 6) is 0. The second-order valence-electron chi connectivity index (χ2n) is 5.74. The molecular weight excluding hydrogens is 260 g/mol. The van der Waals surface area contributed by atoms with Crippen molar-refractivity contribution in [3.05, 3.63) is 59.5 Å². The lowest BCUT2D eigenvalue weighted by Crippen LogP contribution is -2.14. The zero-order chi connectivity index (χ0) is 14.2. The average molecular weight is 278 g/mol. The Labute approximate surface area is 123 Å². The SMILES string of the molecule is O=Cc1cccn1Cn1c2c(c3ccccc31)CCCC2. The van der Waals surface area contributed by atoms with E-state index in [2.05, 4.69) is 28.8 Å². The molecule has 0 saturated carbocycles. The highest BCUT2D eigenvalue weighted by Crippen LogP contribution is 2.32. The first-order valence-corrected chi connectivity index (χ1v) is 7.58. The van der Waals surface area contributed by atoms with Crippen molar-refractivity contribution in [2.24, 2.45) is 0 Å². The minimum atomic E-state index is 0.719. The van der Waals surface area contributed by atoms with Gasteiger partial charge in [0.1, 0.15) is 0 Å². The third-order valence-electron chi connectivity index (χ3n) is 4.56. The van der Waals surface area contributed by atoms with E-state index in [1.165, 1.54) is 41.4 Å². The Kier molecular flexibility index (Phi) is 2.92. The largest absolute Gasteiger partial charge is 0.327 e. The number of carbonyl (C=O) groups excluding carboxylic acids is 1. The van der Waals surface area contributed by atoms with Crippen molar-refractivity contribution in [2.45, 2.75) is 32.4 Å². The summed E-state index contributed by atoms with van der Waals surface area (Å²) < 4.78 is 4.41. The quantitative estimate of drug-likeness (QED) is 0.672. The number of aryl methyl sites for hydroxylation is 1. The summed E-state index contributed by atoms with van der Waals surface area (Å²) in [5.41, 5.74) is 4.98. The first-order chi connectivity index (χ1) is 10.4. The minimum Gasteiger partial charge on any atom is -0.327 e. The maximum Gasteiger partial charge on any atom is 0.166 e. The zero-order valence-electron chi connectivity index (χ0n) is 12.0. The van der Waals surface area contributed by atoms with Crippen molar-refractivity contribution < 1.29 is 4.79 Å². The van der Waals surface area contributed by atoms with Gasteiger partial charge in [-0.2, -0.15) is 0 Å². The third kappa shape index (κ3) is 1.92. The molecule has 1 aliphatic rings. The van der Waals surface area contributed by atoms with Crippen LogP contribution in [0.25, 0.3) is 10.9 Å².